The second-order valence-corrected chi connectivity index (χ2v) is 6.58. The summed E-state index contributed by atoms with van der Waals surface area (Å²) in [5.74, 6) is 0.00180. The molecule has 4 nitrogen and oxygen atoms in total. The lowest BCUT2D eigenvalue weighted by Gasteiger charge is -2.29. The standard InChI is InChI=1S/C21H27N3O/c1-3-13-23(14-4-2)18-11-12-22-19(16-18)21(25)24-15-7-9-17-8-5-6-10-20(17)24/h5-6,8,10-12,16H,3-4,7,9,13-15H2,1-2H3. The van der Waals surface area contributed by atoms with Gasteiger partial charge in [0.05, 0.1) is 0 Å². The summed E-state index contributed by atoms with van der Waals surface area (Å²) in [4.78, 5) is 21.7. The number of aromatic nitrogens is 1. The number of fused-ring (bicyclic) bond motifs is 1. The maximum atomic E-state index is 13.1. The summed E-state index contributed by atoms with van der Waals surface area (Å²) in [7, 11) is 0. The predicted molar refractivity (Wildman–Crippen MR) is 103 cm³/mol. The Morgan fingerprint density at radius 2 is 1.92 bits per heavy atom. The van der Waals surface area contributed by atoms with Gasteiger partial charge in [-0.25, -0.2) is 0 Å². The number of rotatable bonds is 6. The van der Waals surface area contributed by atoms with Crippen molar-refractivity contribution in [1.29, 1.82) is 0 Å². The average Bonchev–Trinajstić information content (AvgIpc) is 2.67. The van der Waals surface area contributed by atoms with Crippen LogP contribution < -0.4 is 9.80 Å². The minimum Gasteiger partial charge on any atom is -0.371 e. The van der Waals surface area contributed by atoms with Gasteiger partial charge >= 0.3 is 0 Å². The lowest BCUT2D eigenvalue weighted by molar-refractivity contribution is 0.0980. The molecular weight excluding hydrogens is 310 g/mol. The van der Waals surface area contributed by atoms with Crippen LogP contribution in [0.25, 0.3) is 0 Å². The van der Waals surface area contributed by atoms with Crippen LogP contribution in [0.5, 0.6) is 0 Å². The maximum absolute atomic E-state index is 13.1. The number of pyridine rings is 1. The smallest absolute Gasteiger partial charge is 0.276 e. The minimum atomic E-state index is 0.00180. The molecule has 0 atom stereocenters. The monoisotopic (exact) mass is 337 g/mol. The lowest BCUT2D eigenvalue weighted by Crippen LogP contribution is -2.36. The van der Waals surface area contributed by atoms with Gasteiger partial charge in [-0.15, -0.1) is 0 Å². The van der Waals surface area contributed by atoms with E-state index in [0.29, 0.717) is 5.69 Å². The number of anilines is 2. The van der Waals surface area contributed by atoms with E-state index in [1.807, 2.05) is 35.2 Å². The Labute approximate surface area is 150 Å². The highest BCUT2D eigenvalue weighted by Crippen LogP contribution is 2.28. The Morgan fingerprint density at radius 3 is 2.68 bits per heavy atom. The molecule has 132 valence electrons. The fraction of sp³-hybridized carbons (Fsp3) is 0.429. The number of benzene rings is 1. The average molecular weight is 337 g/mol. The number of aryl methyl sites for hydroxylation is 1. The highest BCUT2D eigenvalue weighted by molar-refractivity contribution is 6.05. The van der Waals surface area contributed by atoms with Gasteiger partial charge in [-0.1, -0.05) is 32.0 Å². The highest BCUT2D eigenvalue weighted by Gasteiger charge is 2.24. The summed E-state index contributed by atoms with van der Waals surface area (Å²) in [6, 6.07) is 12.1. The number of carbonyl (C=O) groups excluding carboxylic acids is 1. The summed E-state index contributed by atoms with van der Waals surface area (Å²) in [5, 5.41) is 0. The molecule has 0 bridgehead atoms. The zero-order chi connectivity index (χ0) is 17.6. The van der Waals surface area contributed by atoms with Gasteiger partial charge in [0, 0.05) is 37.2 Å². The largest absolute Gasteiger partial charge is 0.371 e. The van der Waals surface area contributed by atoms with Crippen LogP contribution in [0.15, 0.2) is 42.6 Å². The van der Waals surface area contributed by atoms with Crippen LogP contribution in [-0.4, -0.2) is 30.5 Å². The summed E-state index contributed by atoms with van der Waals surface area (Å²) in [5.41, 5.74) is 3.90. The van der Waals surface area contributed by atoms with Crippen LogP contribution in [0.4, 0.5) is 11.4 Å². The molecular formula is C21H27N3O. The number of hydrogen-bond acceptors (Lipinski definition) is 3. The molecule has 1 aromatic carbocycles. The van der Waals surface area contributed by atoms with E-state index in [0.717, 1.165) is 56.7 Å². The van der Waals surface area contributed by atoms with Gasteiger partial charge in [-0.3, -0.25) is 9.78 Å². The van der Waals surface area contributed by atoms with E-state index in [1.165, 1.54) is 5.56 Å². The molecule has 2 aromatic rings. The van der Waals surface area contributed by atoms with E-state index in [1.54, 1.807) is 6.20 Å². The molecule has 2 heterocycles. The quantitative estimate of drug-likeness (QED) is 0.788. The molecule has 25 heavy (non-hydrogen) atoms. The van der Waals surface area contributed by atoms with E-state index in [9.17, 15) is 4.79 Å². The maximum Gasteiger partial charge on any atom is 0.276 e. The Hall–Kier alpha value is -2.36. The highest BCUT2D eigenvalue weighted by atomic mass is 16.2. The number of carbonyl (C=O) groups is 1. The van der Waals surface area contributed by atoms with Gasteiger partial charge < -0.3 is 9.80 Å². The second-order valence-electron chi connectivity index (χ2n) is 6.58. The zero-order valence-electron chi connectivity index (χ0n) is 15.2. The summed E-state index contributed by atoms with van der Waals surface area (Å²) >= 11 is 0. The zero-order valence-corrected chi connectivity index (χ0v) is 15.2. The van der Waals surface area contributed by atoms with Crippen molar-refractivity contribution in [2.24, 2.45) is 0 Å². The molecule has 1 aliphatic rings. The molecule has 0 N–H and O–H groups in total. The first-order chi connectivity index (χ1) is 12.2. The minimum absolute atomic E-state index is 0.00180. The van der Waals surface area contributed by atoms with Crippen molar-refractivity contribution < 1.29 is 4.79 Å². The number of hydrogen-bond donors (Lipinski definition) is 0. The van der Waals surface area contributed by atoms with Crippen LogP contribution in [-0.2, 0) is 6.42 Å². The number of amides is 1. The van der Waals surface area contributed by atoms with E-state index >= 15 is 0 Å². The molecule has 0 saturated carbocycles. The summed E-state index contributed by atoms with van der Waals surface area (Å²) in [6.45, 7) is 7.12. The molecule has 0 saturated heterocycles. The molecule has 0 spiro atoms. The Bertz CT molecular complexity index is 723. The van der Waals surface area contributed by atoms with Gasteiger partial charge in [-0.05, 0) is 49.4 Å². The van der Waals surface area contributed by atoms with Crippen molar-refractivity contribution >= 4 is 17.3 Å². The van der Waals surface area contributed by atoms with E-state index in [2.05, 4.69) is 29.8 Å². The normalized spacial score (nSPS) is 13.4. The van der Waals surface area contributed by atoms with E-state index in [-0.39, 0.29) is 5.91 Å². The summed E-state index contributed by atoms with van der Waals surface area (Å²) < 4.78 is 0. The fourth-order valence-corrected chi connectivity index (χ4v) is 3.53. The number of nitrogens with zero attached hydrogens (tertiary/aromatic N) is 3. The van der Waals surface area contributed by atoms with Crippen molar-refractivity contribution in [3.8, 4) is 0 Å². The fourth-order valence-electron chi connectivity index (χ4n) is 3.53. The van der Waals surface area contributed by atoms with Gasteiger partial charge in [-0.2, -0.15) is 0 Å². The van der Waals surface area contributed by atoms with Crippen molar-refractivity contribution in [2.75, 3.05) is 29.4 Å². The molecule has 0 aliphatic carbocycles. The molecule has 3 rings (SSSR count). The third kappa shape index (κ3) is 3.84. The second kappa shape index (κ2) is 8.15. The Kier molecular flexibility index (Phi) is 5.69. The molecule has 1 aliphatic heterocycles. The van der Waals surface area contributed by atoms with E-state index < -0.39 is 0 Å². The first kappa shape index (κ1) is 17.5. The Balaban J connectivity index is 1.87. The van der Waals surface area contributed by atoms with Crippen LogP contribution in [0.2, 0.25) is 0 Å². The van der Waals surface area contributed by atoms with Crippen molar-refractivity contribution in [3.05, 3.63) is 53.9 Å². The number of para-hydroxylation sites is 1. The van der Waals surface area contributed by atoms with Crippen LogP contribution >= 0.6 is 0 Å². The van der Waals surface area contributed by atoms with Gasteiger partial charge in [0.2, 0.25) is 0 Å². The first-order valence-corrected chi connectivity index (χ1v) is 9.35. The molecule has 0 unspecified atom stereocenters. The van der Waals surface area contributed by atoms with Crippen molar-refractivity contribution in [2.45, 2.75) is 39.5 Å². The third-order valence-electron chi connectivity index (χ3n) is 4.67. The third-order valence-corrected chi connectivity index (χ3v) is 4.67. The van der Waals surface area contributed by atoms with Crippen LogP contribution in [0, 0.1) is 0 Å². The SMILES string of the molecule is CCCN(CCC)c1ccnc(C(=O)N2CCCc3ccccc32)c1. The molecule has 4 heteroatoms. The van der Waals surface area contributed by atoms with Crippen molar-refractivity contribution in [3.63, 3.8) is 0 Å². The molecule has 0 fully saturated rings. The molecule has 0 radical (unpaired) electrons. The topological polar surface area (TPSA) is 36.4 Å². The molecule has 1 amide bonds. The lowest BCUT2D eigenvalue weighted by atomic mass is 10.0. The van der Waals surface area contributed by atoms with Crippen molar-refractivity contribution in [1.82, 2.24) is 4.98 Å². The predicted octanol–water partition coefficient (Wildman–Crippen LogP) is 4.30. The van der Waals surface area contributed by atoms with Crippen LogP contribution in [0.1, 0.15) is 49.2 Å². The van der Waals surface area contributed by atoms with Gasteiger partial charge in [0.15, 0.2) is 0 Å². The van der Waals surface area contributed by atoms with Crippen LogP contribution in [0.3, 0.4) is 0 Å². The Morgan fingerprint density at radius 1 is 1.16 bits per heavy atom. The van der Waals surface area contributed by atoms with Gasteiger partial charge in [0.1, 0.15) is 5.69 Å². The van der Waals surface area contributed by atoms with E-state index in [4.69, 9.17) is 0 Å². The molecule has 1 aromatic heterocycles. The summed E-state index contributed by atoms with van der Waals surface area (Å²) in [6.07, 6.45) is 5.97. The first-order valence-electron chi connectivity index (χ1n) is 9.35. The van der Waals surface area contributed by atoms with Gasteiger partial charge in [0.25, 0.3) is 5.91 Å².